The van der Waals surface area contributed by atoms with Crippen LogP contribution in [0.15, 0.2) is 134 Å². The average molecular weight is 617 g/mol. The fourth-order valence-electron chi connectivity index (χ4n) is 6.60. The summed E-state index contributed by atoms with van der Waals surface area (Å²) in [6, 6.07) is 44.1. The van der Waals surface area contributed by atoms with Gasteiger partial charge in [-0.05, 0) is 91.1 Å². The van der Waals surface area contributed by atoms with Crippen molar-refractivity contribution in [2.75, 3.05) is 10.1 Å². The lowest BCUT2D eigenvalue weighted by Gasteiger charge is -2.23. The molecular weight excluding hydrogens is 580 g/mol. The zero-order valence-corrected chi connectivity index (χ0v) is 27.0. The molecule has 1 aliphatic heterocycles. The van der Waals surface area contributed by atoms with Gasteiger partial charge in [-0.3, -0.25) is 4.57 Å². The third kappa shape index (κ3) is 5.07. The van der Waals surface area contributed by atoms with Crippen LogP contribution in [0.3, 0.4) is 0 Å². The second kappa shape index (κ2) is 11.6. The summed E-state index contributed by atoms with van der Waals surface area (Å²) in [6.45, 7) is 8.71. The molecule has 6 nitrogen and oxygen atoms in total. The molecule has 0 aliphatic carbocycles. The lowest BCUT2D eigenvalue weighted by molar-refractivity contribution is 0.112. The molecule has 0 unspecified atom stereocenters. The summed E-state index contributed by atoms with van der Waals surface area (Å²) in [4.78, 5) is 11.2. The molecule has 5 aromatic carbocycles. The number of fused-ring (bicyclic) bond motifs is 4. The summed E-state index contributed by atoms with van der Waals surface area (Å²) in [5, 5.41) is 6.11. The number of hydrogen-bond donors (Lipinski definition) is 0. The Morgan fingerprint density at radius 2 is 1.38 bits per heavy atom. The van der Waals surface area contributed by atoms with Crippen molar-refractivity contribution >= 4 is 38.9 Å². The Kier molecular flexibility index (Phi) is 7.15. The molecule has 2 aromatic heterocycles. The number of pyridine rings is 1. The summed E-state index contributed by atoms with van der Waals surface area (Å²) < 4.78 is 8.78. The number of ether oxygens (including phenoxy) is 1. The zero-order chi connectivity index (χ0) is 32.1. The van der Waals surface area contributed by atoms with Gasteiger partial charge in [0.15, 0.2) is 0 Å². The predicted octanol–water partition coefficient (Wildman–Crippen LogP) is 11.0. The SMILES string of the molecule is CC(C)c1ccccc1-c1ccnc(-n2c3ccccc3c3ccc(Oc4cccc(N5ON(C(C)C)c6ccccc65)c4)cc32)c1. The Hall–Kier alpha value is -5.59. The van der Waals surface area contributed by atoms with Gasteiger partial charge in [0.25, 0.3) is 0 Å². The molecule has 232 valence electrons. The molecule has 0 radical (unpaired) electrons. The standard InChI is InChI=1S/C41H36N4O2/c1-27(2)33-14-5-6-15-34(33)29-22-23-42-41(24-29)43-37-17-8-7-16-35(37)36-21-20-32(26-40(36)43)46-31-13-11-12-30(25-31)45-39-19-10-9-18-38(39)44(47-45)28(3)4/h5-28H,1-4H3. The molecule has 0 bridgehead atoms. The molecule has 1 aliphatic rings. The van der Waals surface area contributed by atoms with Gasteiger partial charge in [-0.2, -0.15) is 5.06 Å². The molecule has 0 atom stereocenters. The van der Waals surface area contributed by atoms with Gasteiger partial charge >= 0.3 is 0 Å². The van der Waals surface area contributed by atoms with E-state index in [1.54, 1.807) is 0 Å². The highest BCUT2D eigenvalue weighted by Crippen LogP contribution is 2.43. The molecule has 0 saturated carbocycles. The van der Waals surface area contributed by atoms with Crippen molar-refractivity contribution in [1.82, 2.24) is 9.55 Å². The fourth-order valence-corrected chi connectivity index (χ4v) is 6.60. The van der Waals surface area contributed by atoms with E-state index in [1.807, 2.05) is 58.8 Å². The Labute approximate surface area is 275 Å². The van der Waals surface area contributed by atoms with Crippen LogP contribution in [0.1, 0.15) is 39.2 Å². The first-order valence-corrected chi connectivity index (χ1v) is 16.2. The summed E-state index contributed by atoms with van der Waals surface area (Å²) in [5.74, 6) is 2.74. The Morgan fingerprint density at radius 3 is 2.23 bits per heavy atom. The monoisotopic (exact) mass is 616 g/mol. The lowest BCUT2D eigenvalue weighted by atomic mass is 9.93. The minimum absolute atomic E-state index is 0.180. The maximum Gasteiger partial charge on any atom is 0.138 e. The van der Waals surface area contributed by atoms with Crippen LogP contribution in [0.2, 0.25) is 0 Å². The molecule has 7 aromatic rings. The van der Waals surface area contributed by atoms with E-state index < -0.39 is 0 Å². The van der Waals surface area contributed by atoms with E-state index in [2.05, 4.69) is 117 Å². The van der Waals surface area contributed by atoms with Crippen molar-refractivity contribution < 1.29 is 9.68 Å². The fraction of sp³-hybridized carbons (Fsp3) is 0.146. The van der Waals surface area contributed by atoms with Crippen LogP contribution in [-0.2, 0) is 4.94 Å². The average Bonchev–Trinajstić information content (AvgIpc) is 3.65. The summed E-state index contributed by atoms with van der Waals surface area (Å²) >= 11 is 0. The van der Waals surface area contributed by atoms with Gasteiger partial charge in [-0.1, -0.05) is 74.5 Å². The van der Waals surface area contributed by atoms with Crippen molar-refractivity contribution in [3.8, 4) is 28.4 Å². The largest absolute Gasteiger partial charge is 0.457 e. The molecular formula is C41H36N4O2. The highest BCUT2D eigenvalue weighted by atomic mass is 16.8. The third-order valence-corrected chi connectivity index (χ3v) is 8.78. The minimum atomic E-state index is 0.180. The van der Waals surface area contributed by atoms with Crippen LogP contribution in [0.25, 0.3) is 38.8 Å². The van der Waals surface area contributed by atoms with E-state index >= 15 is 0 Å². The molecule has 6 heteroatoms. The summed E-state index contributed by atoms with van der Waals surface area (Å²) in [6.07, 6.45) is 1.91. The number of benzene rings is 5. The quantitative estimate of drug-likeness (QED) is 0.178. The second-order valence-corrected chi connectivity index (χ2v) is 12.6. The maximum atomic E-state index is 6.54. The molecule has 8 rings (SSSR count). The number of anilines is 3. The molecule has 3 heterocycles. The normalized spacial score (nSPS) is 12.9. The lowest BCUT2D eigenvalue weighted by Crippen LogP contribution is -2.30. The molecule has 0 spiro atoms. The molecule has 0 fully saturated rings. The minimum Gasteiger partial charge on any atom is -0.457 e. The summed E-state index contributed by atoms with van der Waals surface area (Å²) in [5.41, 5.74) is 8.76. The number of rotatable bonds is 7. The van der Waals surface area contributed by atoms with E-state index in [1.165, 1.54) is 16.5 Å². The number of para-hydroxylation sites is 3. The van der Waals surface area contributed by atoms with Gasteiger partial charge in [0, 0.05) is 29.1 Å². The number of hydrogen-bond acceptors (Lipinski definition) is 5. The van der Waals surface area contributed by atoms with Crippen LogP contribution in [0.4, 0.5) is 17.1 Å². The van der Waals surface area contributed by atoms with Gasteiger partial charge in [0.1, 0.15) is 17.3 Å². The molecule has 0 amide bonds. The Morgan fingerprint density at radius 1 is 0.638 bits per heavy atom. The van der Waals surface area contributed by atoms with Crippen LogP contribution >= 0.6 is 0 Å². The van der Waals surface area contributed by atoms with E-state index in [4.69, 9.17) is 14.7 Å². The molecule has 0 saturated heterocycles. The van der Waals surface area contributed by atoms with E-state index in [0.29, 0.717) is 5.92 Å². The molecule has 0 N–H and O–H groups in total. The number of aromatic nitrogens is 2. The highest BCUT2D eigenvalue weighted by molar-refractivity contribution is 6.09. The summed E-state index contributed by atoms with van der Waals surface area (Å²) in [7, 11) is 0. The van der Waals surface area contributed by atoms with E-state index in [0.717, 1.165) is 56.4 Å². The Balaban J connectivity index is 1.19. The van der Waals surface area contributed by atoms with Crippen molar-refractivity contribution in [3.63, 3.8) is 0 Å². The topological polar surface area (TPSA) is 42.8 Å². The zero-order valence-electron chi connectivity index (χ0n) is 27.0. The second-order valence-electron chi connectivity index (χ2n) is 12.6. The van der Waals surface area contributed by atoms with Gasteiger partial charge in [-0.15, -0.1) is 4.94 Å². The van der Waals surface area contributed by atoms with Crippen LogP contribution in [-0.4, -0.2) is 15.6 Å². The number of nitrogens with zero attached hydrogens (tertiary/aromatic N) is 4. The van der Waals surface area contributed by atoms with Crippen molar-refractivity contribution in [1.29, 1.82) is 0 Å². The smallest absolute Gasteiger partial charge is 0.138 e. The van der Waals surface area contributed by atoms with Crippen molar-refractivity contribution in [2.24, 2.45) is 0 Å². The predicted molar refractivity (Wildman–Crippen MR) is 192 cm³/mol. The van der Waals surface area contributed by atoms with Gasteiger partial charge in [-0.25, -0.2) is 10.0 Å². The van der Waals surface area contributed by atoms with E-state index in [-0.39, 0.29) is 6.04 Å². The van der Waals surface area contributed by atoms with E-state index in [9.17, 15) is 0 Å². The van der Waals surface area contributed by atoms with Crippen molar-refractivity contribution in [2.45, 2.75) is 39.7 Å². The van der Waals surface area contributed by atoms with Crippen LogP contribution < -0.4 is 14.9 Å². The highest BCUT2D eigenvalue weighted by Gasteiger charge is 2.30. The van der Waals surface area contributed by atoms with Gasteiger partial charge < -0.3 is 4.74 Å². The maximum absolute atomic E-state index is 6.54. The first kappa shape index (κ1) is 28.9. The van der Waals surface area contributed by atoms with Crippen molar-refractivity contribution in [3.05, 3.63) is 139 Å². The van der Waals surface area contributed by atoms with Gasteiger partial charge in [0.05, 0.1) is 34.1 Å². The van der Waals surface area contributed by atoms with Crippen LogP contribution in [0, 0.1) is 0 Å². The van der Waals surface area contributed by atoms with Gasteiger partial charge in [0.2, 0.25) is 0 Å². The molecule has 47 heavy (non-hydrogen) atoms. The number of hydroxylamine groups is 1. The third-order valence-electron chi connectivity index (χ3n) is 8.78. The Bertz CT molecular complexity index is 2250. The first-order valence-electron chi connectivity index (χ1n) is 16.2. The first-order chi connectivity index (χ1) is 23.0. The van der Waals surface area contributed by atoms with Crippen LogP contribution in [0.5, 0.6) is 11.5 Å².